The Hall–Kier alpha value is -0.370. The summed E-state index contributed by atoms with van der Waals surface area (Å²) in [4.78, 5) is 12.7. The number of rotatable bonds is 8. The molecule has 0 heterocycles. The number of hydrogen-bond acceptors (Lipinski definition) is 2. The van der Waals surface area contributed by atoms with E-state index in [1.54, 1.807) is 7.11 Å². The van der Waals surface area contributed by atoms with Crippen LogP contribution in [-0.4, -0.2) is 19.5 Å². The van der Waals surface area contributed by atoms with Crippen molar-refractivity contribution in [3.63, 3.8) is 0 Å². The minimum Gasteiger partial charge on any atom is -0.384 e. The SMILES string of the molecule is CCCCCCC(=O)C1(COC)C(C)CC[C@H]1C. The number of unbranched alkanes of at least 4 members (excludes halogenated alkanes) is 3. The molecule has 0 aromatic carbocycles. The van der Waals surface area contributed by atoms with Crippen molar-refractivity contribution in [2.45, 2.75) is 65.7 Å². The molecule has 0 aromatic rings. The minimum absolute atomic E-state index is 0.193. The molecule has 18 heavy (non-hydrogen) atoms. The molecule has 1 aliphatic carbocycles. The Kier molecular flexibility index (Phi) is 6.34. The van der Waals surface area contributed by atoms with Gasteiger partial charge in [-0.1, -0.05) is 40.0 Å². The van der Waals surface area contributed by atoms with Gasteiger partial charge in [0.15, 0.2) is 0 Å². The highest BCUT2D eigenvalue weighted by atomic mass is 16.5. The van der Waals surface area contributed by atoms with E-state index in [9.17, 15) is 4.79 Å². The molecular weight excluding hydrogens is 224 g/mol. The van der Waals surface area contributed by atoms with E-state index in [4.69, 9.17) is 4.74 Å². The van der Waals surface area contributed by atoms with Gasteiger partial charge in [0.05, 0.1) is 12.0 Å². The van der Waals surface area contributed by atoms with E-state index in [0.29, 0.717) is 24.2 Å². The summed E-state index contributed by atoms with van der Waals surface area (Å²) in [6.45, 7) is 7.27. The Bertz CT molecular complexity index is 250. The Balaban J connectivity index is 2.63. The van der Waals surface area contributed by atoms with Crippen molar-refractivity contribution in [2.24, 2.45) is 17.3 Å². The summed E-state index contributed by atoms with van der Waals surface area (Å²) in [7, 11) is 1.73. The van der Waals surface area contributed by atoms with Crippen molar-refractivity contribution >= 4 is 5.78 Å². The highest BCUT2D eigenvalue weighted by Gasteiger charge is 2.50. The molecule has 2 heteroatoms. The summed E-state index contributed by atoms with van der Waals surface area (Å²) in [5.74, 6) is 1.41. The Morgan fingerprint density at radius 2 is 1.78 bits per heavy atom. The molecule has 3 atom stereocenters. The topological polar surface area (TPSA) is 26.3 Å². The van der Waals surface area contributed by atoms with E-state index in [0.717, 1.165) is 12.8 Å². The van der Waals surface area contributed by atoms with E-state index in [-0.39, 0.29) is 5.41 Å². The van der Waals surface area contributed by atoms with Gasteiger partial charge in [-0.25, -0.2) is 0 Å². The van der Waals surface area contributed by atoms with Crippen molar-refractivity contribution in [1.29, 1.82) is 0 Å². The lowest BCUT2D eigenvalue weighted by molar-refractivity contribution is -0.137. The summed E-state index contributed by atoms with van der Waals surface area (Å²) in [5.41, 5.74) is -0.193. The molecule has 1 aliphatic rings. The van der Waals surface area contributed by atoms with E-state index in [1.165, 1.54) is 32.1 Å². The van der Waals surface area contributed by atoms with Gasteiger partial charge in [0, 0.05) is 13.5 Å². The highest BCUT2D eigenvalue weighted by Crippen LogP contribution is 2.49. The molecule has 2 unspecified atom stereocenters. The van der Waals surface area contributed by atoms with Crippen molar-refractivity contribution < 1.29 is 9.53 Å². The number of ketones is 1. The van der Waals surface area contributed by atoms with Crippen LogP contribution in [0, 0.1) is 17.3 Å². The third-order valence-electron chi connectivity index (χ3n) is 4.95. The Morgan fingerprint density at radius 3 is 2.28 bits per heavy atom. The van der Waals surface area contributed by atoms with E-state index >= 15 is 0 Å². The van der Waals surface area contributed by atoms with Gasteiger partial charge < -0.3 is 4.74 Å². The maximum atomic E-state index is 12.7. The molecule has 1 saturated carbocycles. The van der Waals surface area contributed by atoms with Crippen molar-refractivity contribution in [1.82, 2.24) is 0 Å². The van der Waals surface area contributed by atoms with E-state index in [1.807, 2.05) is 0 Å². The van der Waals surface area contributed by atoms with Crippen molar-refractivity contribution in [2.75, 3.05) is 13.7 Å². The number of carbonyl (C=O) groups is 1. The fourth-order valence-corrected chi connectivity index (χ4v) is 3.60. The van der Waals surface area contributed by atoms with Gasteiger partial charge in [0.1, 0.15) is 5.78 Å². The number of hydrogen-bond donors (Lipinski definition) is 0. The third-order valence-corrected chi connectivity index (χ3v) is 4.95. The molecule has 0 radical (unpaired) electrons. The van der Waals surface area contributed by atoms with Gasteiger partial charge in [-0.15, -0.1) is 0 Å². The number of ether oxygens (including phenoxy) is 1. The van der Waals surface area contributed by atoms with Crippen LogP contribution < -0.4 is 0 Å². The van der Waals surface area contributed by atoms with Gasteiger partial charge in [0.25, 0.3) is 0 Å². The average Bonchev–Trinajstić information content (AvgIpc) is 2.64. The number of methoxy groups -OCH3 is 1. The minimum atomic E-state index is -0.193. The van der Waals surface area contributed by atoms with Crippen LogP contribution in [0.25, 0.3) is 0 Å². The molecule has 0 aromatic heterocycles. The van der Waals surface area contributed by atoms with Gasteiger partial charge in [-0.2, -0.15) is 0 Å². The second-order valence-electron chi connectivity index (χ2n) is 6.09. The van der Waals surface area contributed by atoms with Gasteiger partial charge >= 0.3 is 0 Å². The standard InChI is InChI=1S/C16H30O2/c1-5-6-7-8-9-15(17)16(12-18-4)13(2)10-11-14(16)3/h13-14H,5-12H2,1-4H3/t13-,14?,16?/m1/s1. The Morgan fingerprint density at radius 1 is 1.17 bits per heavy atom. The van der Waals surface area contributed by atoms with Crippen LogP contribution in [0.3, 0.4) is 0 Å². The summed E-state index contributed by atoms with van der Waals surface area (Å²) in [5, 5.41) is 0. The third kappa shape index (κ3) is 3.14. The van der Waals surface area contributed by atoms with Gasteiger partial charge in [-0.3, -0.25) is 4.79 Å². The van der Waals surface area contributed by atoms with Crippen molar-refractivity contribution in [3.8, 4) is 0 Å². The number of Topliss-reactive ketones (excluding diaryl/α,β-unsaturated/α-hetero) is 1. The van der Waals surface area contributed by atoms with E-state index < -0.39 is 0 Å². The second-order valence-corrected chi connectivity index (χ2v) is 6.09. The maximum absolute atomic E-state index is 12.7. The van der Waals surface area contributed by atoms with Gasteiger partial charge in [0.2, 0.25) is 0 Å². The lowest BCUT2D eigenvalue weighted by Gasteiger charge is -2.35. The predicted molar refractivity (Wildman–Crippen MR) is 75.6 cm³/mol. The van der Waals surface area contributed by atoms with Crippen LogP contribution in [0.4, 0.5) is 0 Å². The van der Waals surface area contributed by atoms with Crippen molar-refractivity contribution in [3.05, 3.63) is 0 Å². The molecule has 0 bridgehead atoms. The summed E-state index contributed by atoms with van der Waals surface area (Å²) in [6, 6.07) is 0. The normalized spacial score (nSPS) is 31.8. The smallest absolute Gasteiger partial charge is 0.141 e. The van der Waals surface area contributed by atoms with Crippen LogP contribution in [0.1, 0.15) is 65.7 Å². The number of carbonyl (C=O) groups excluding carboxylic acids is 1. The lowest BCUT2D eigenvalue weighted by Crippen LogP contribution is -2.42. The first-order valence-electron chi connectivity index (χ1n) is 7.61. The molecule has 0 aliphatic heterocycles. The average molecular weight is 254 g/mol. The monoisotopic (exact) mass is 254 g/mol. The van der Waals surface area contributed by atoms with Crippen LogP contribution in [-0.2, 0) is 9.53 Å². The van der Waals surface area contributed by atoms with Crippen LogP contribution in [0.2, 0.25) is 0 Å². The van der Waals surface area contributed by atoms with Gasteiger partial charge in [-0.05, 0) is 31.1 Å². The van der Waals surface area contributed by atoms with Crippen LogP contribution in [0.5, 0.6) is 0 Å². The Labute approximate surface area is 112 Å². The first-order chi connectivity index (χ1) is 8.59. The lowest BCUT2D eigenvalue weighted by atomic mass is 9.69. The fraction of sp³-hybridized carbons (Fsp3) is 0.938. The quantitative estimate of drug-likeness (QED) is 0.606. The first-order valence-corrected chi connectivity index (χ1v) is 7.61. The molecule has 1 rings (SSSR count). The summed E-state index contributed by atoms with van der Waals surface area (Å²) in [6.07, 6.45) is 7.81. The predicted octanol–water partition coefficient (Wildman–Crippen LogP) is 4.22. The maximum Gasteiger partial charge on any atom is 0.141 e. The second kappa shape index (κ2) is 7.28. The highest BCUT2D eigenvalue weighted by molar-refractivity contribution is 5.86. The molecule has 0 amide bonds. The first kappa shape index (κ1) is 15.7. The molecule has 2 nitrogen and oxygen atoms in total. The fourth-order valence-electron chi connectivity index (χ4n) is 3.60. The largest absolute Gasteiger partial charge is 0.384 e. The zero-order valence-electron chi connectivity index (χ0n) is 12.6. The van der Waals surface area contributed by atoms with E-state index in [2.05, 4.69) is 20.8 Å². The molecule has 0 N–H and O–H groups in total. The molecule has 0 saturated heterocycles. The molecule has 106 valence electrons. The molecule has 1 fully saturated rings. The summed E-state index contributed by atoms with van der Waals surface area (Å²) < 4.78 is 5.40. The summed E-state index contributed by atoms with van der Waals surface area (Å²) >= 11 is 0. The zero-order valence-corrected chi connectivity index (χ0v) is 12.6. The van der Waals surface area contributed by atoms with Crippen LogP contribution >= 0.6 is 0 Å². The zero-order chi connectivity index (χ0) is 13.6. The molecular formula is C16H30O2. The van der Waals surface area contributed by atoms with Crippen LogP contribution in [0.15, 0.2) is 0 Å². The molecule has 0 spiro atoms.